The van der Waals surface area contributed by atoms with Gasteiger partial charge in [0.05, 0.1) is 18.7 Å². The highest BCUT2D eigenvalue weighted by molar-refractivity contribution is 5.82. The van der Waals surface area contributed by atoms with Crippen molar-refractivity contribution in [2.24, 2.45) is 5.73 Å². The van der Waals surface area contributed by atoms with Crippen LogP contribution >= 0.6 is 0 Å². The molecule has 0 bridgehead atoms. The fourth-order valence-corrected chi connectivity index (χ4v) is 2.26. The maximum atomic E-state index is 13.2. The molecule has 6 heteroatoms. The molecule has 1 unspecified atom stereocenters. The molecular weight excluding hydrogens is 252 g/mol. The fourth-order valence-electron chi connectivity index (χ4n) is 2.26. The molecular formula is C13H12F2N3O. The molecule has 2 rings (SSSR count). The monoisotopic (exact) mass is 264 g/mol. The molecule has 0 aliphatic carbocycles. The maximum absolute atomic E-state index is 13.2. The van der Waals surface area contributed by atoms with E-state index in [1.54, 1.807) is 11.3 Å². The molecule has 1 aromatic carbocycles. The van der Waals surface area contributed by atoms with Crippen LogP contribution in [0.5, 0.6) is 0 Å². The van der Waals surface area contributed by atoms with Crippen LogP contribution in [0, 0.1) is 29.4 Å². The predicted molar refractivity (Wildman–Crippen MR) is 63.6 cm³/mol. The Hall–Kier alpha value is -2.00. The zero-order chi connectivity index (χ0) is 14.0. The molecule has 1 radical (unpaired) electrons. The predicted octanol–water partition coefficient (Wildman–Crippen LogP) is 0.946. The van der Waals surface area contributed by atoms with Crippen molar-refractivity contribution in [2.45, 2.75) is 12.0 Å². The average molecular weight is 264 g/mol. The largest absolute Gasteiger partial charge is 0.368 e. The number of likely N-dealkylation sites (tertiary alicyclic amines) is 1. The minimum Gasteiger partial charge on any atom is -0.368 e. The van der Waals surface area contributed by atoms with E-state index in [1.165, 1.54) is 6.07 Å². The zero-order valence-electron chi connectivity index (χ0n) is 10.0. The third-order valence-electron chi connectivity index (χ3n) is 3.18. The molecule has 2 atom stereocenters. The molecule has 99 valence electrons. The number of amides is 1. The number of hydrogen-bond donors (Lipinski definition) is 1. The number of nitriles is 1. The van der Waals surface area contributed by atoms with E-state index in [0.29, 0.717) is 12.1 Å². The Kier molecular flexibility index (Phi) is 3.76. The molecule has 1 aliphatic heterocycles. The standard InChI is InChI=1S/C13H12F2N3O/c14-10-2-1-8(5-11(10)15)9-6-12(13(17)19)18(7-9)4-3-16/h1-2,5-6,9,12H,4,7H2,(H2,17,19)/t9-,12?/m0/s1. The molecule has 0 aromatic heterocycles. The summed E-state index contributed by atoms with van der Waals surface area (Å²) in [6.07, 6.45) is 1.66. The maximum Gasteiger partial charge on any atom is 0.235 e. The van der Waals surface area contributed by atoms with Crippen LogP contribution in [-0.2, 0) is 4.79 Å². The van der Waals surface area contributed by atoms with Crippen molar-refractivity contribution < 1.29 is 13.6 Å². The first-order valence-electron chi connectivity index (χ1n) is 5.73. The third kappa shape index (κ3) is 2.71. The number of rotatable bonds is 3. The van der Waals surface area contributed by atoms with E-state index in [-0.39, 0.29) is 12.5 Å². The second kappa shape index (κ2) is 5.33. The summed E-state index contributed by atoms with van der Waals surface area (Å²) < 4.78 is 26.1. The van der Waals surface area contributed by atoms with Gasteiger partial charge in [0.25, 0.3) is 0 Å². The second-order valence-electron chi connectivity index (χ2n) is 4.41. The summed E-state index contributed by atoms with van der Waals surface area (Å²) in [4.78, 5) is 12.9. The Morgan fingerprint density at radius 3 is 2.79 bits per heavy atom. The van der Waals surface area contributed by atoms with Gasteiger partial charge in [-0.1, -0.05) is 6.07 Å². The van der Waals surface area contributed by atoms with Gasteiger partial charge >= 0.3 is 0 Å². The molecule has 0 saturated carbocycles. The molecule has 19 heavy (non-hydrogen) atoms. The first-order chi connectivity index (χ1) is 9.02. The van der Waals surface area contributed by atoms with Gasteiger partial charge in [0.1, 0.15) is 0 Å². The number of hydrogen-bond acceptors (Lipinski definition) is 3. The summed E-state index contributed by atoms with van der Waals surface area (Å²) in [5.41, 5.74) is 5.82. The number of halogens is 2. The number of carbonyl (C=O) groups is 1. The minimum atomic E-state index is -0.930. The van der Waals surface area contributed by atoms with Crippen LogP contribution < -0.4 is 5.73 Å². The molecule has 1 heterocycles. The summed E-state index contributed by atoms with van der Waals surface area (Å²) in [6.45, 7) is 0.441. The summed E-state index contributed by atoms with van der Waals surface area (Å²) in [7, 11) is 0. The summed E-state index contributed by atoms with van der Waals surface area (Å²) in [5, 5.41) is 8.70. The van der Waals surface area contributed by atoms with Gasteiger partial charge in [-0.25, -0.2) is 8.78 Å². The van der Waals surface area contributed by atoms with E-state index in [4.69, 9.17) is 11.0 Å². The van der Waals surface area contributed by atoms with Crippen molar-refractivity contribution in [3.63, 3.8) is 0 Å². The van der Waals surface area contributed by atoms with Gasteiger partial charge in [0.2, 0.25) is 5.91 Å². The van der Waals surface area contributed by atoms with E-state index >= 15 is 0 Å². The van der Waals surface area contributed by atoms with Crippen LogP contribution in [0.15, 0.2) is 18.2 Å². The second-order valence-corrected chi connectivity index (χ2v) is 4.41. The van der Waals surface area contributed by atoms with Crippen LogP contribution in [0.2, 0.25) is 0 Å². The van der Waals surface area contributed by atoms with Crippen molar-refractivity contribution in [1.29, 1.82) is 5.26 Å². The Morgan fingerprint density at radius 2 is 2.21 bits per heavy atom. The molecule has 1 aromatic rings. The Morgan fingerprint density at radius 1 is 1.47 bits per heavy atom. The molecule has 1 amide bonds. The van der Waals surface area contributed by atoms with Crippen LogP contribution in [0.25, 0.3) is 0 Å². The first kappa shape index (κ1) is 13.4. The van der Waals surface area contributed by atoms with E-state index in [0.717, 1.165) is 12.1 Å². The lowest BCUT2D eigenvalue weighted by Gasteiger charge is -2.17. The van der Waals surface area contributed by atoms with Gasteiger partial charge in [0, 0.05) is 12.5 Å². The van der Waals surface area contributed by atoms with Crippen molar-refractivity contribution in [3.05, 3.63) is 41.8 Å². The van der Waals surface area contributed by atoms with Gasteiger partial charge in [-0.2, -0.15) is 5.26 Å². The number of nitrogens with two attached hydrogens (primary N) is 1. The summed E-state index contributed by atoms with van der Waals surface area (Å²) in [6, 6.07) is 4.91. The molecule has 0 spiro atoms. The third-order valence-corrected chi connectivity index (χ3v) is 3.18. The topological polar surface area (TPSA) is 70.1 Å². The van der Waals surface area contributed by atoms with Crippen molar-refractivity contribution in [1.82, 2.24) is 4.90 Å². The fraction of sp³-hybridized carbons (Fsp3) is 0.308. The van der Waals surface area contributed by atoms with Crippen LogP contribution in [0.3, 0.4) is 0 Å². The molecule has 1 fully saturated rings. The summed E-state index contributed by atoms with van der Waals surface area (Å²) in [5.74, 6) is -2.65. The van der Waals surface area contributed by atoms with E-state index in [2.05, 4.69) is 0 Å². The number of nitrogens with zero attached hydrogens (tertiary/aromatic N) is 2. The minimum absolute atomic E-state index is 0.0598. The van der Waals surface area contributed by atoms with Gasteiger partial charge in [-0.05, 0) is 24.1 Å². The Balaban J connectivity index is 2.21. The van der Waals surface area contributed by atoms with Gasteiger partial charge in [-0.3, -0.25) is 9.69 Å². The van der Waals surface area contributed by atoms with Crippen molar-refractivity contribution in [3.8, 4) is 6.07 Å². The van der Waals surface area contributed by atoms with Gasteiger partial charge in [-0.15, -0.1) is 0 Å². The zero-order valence-corrected chi connectivity index (χ0v) is 10.0. The molecule has 2 N–H and O–H groups in total. The quantitative estimate of drug-likeness (QED) is 0.826. The smallest absolute Gasteiger partial charge is 0.235 e. The van der Waals surface area contributed by atoms with E-state index in [9.17, 15) is 13.6 Å². The van der Waals surface area contributed by atoms with E-state index < -0.39 is 23.6 Å². The molecule has 1 aliphatic rings. The van der Waals surface area contributed by atoms with Crippen molar-refractivity contribution in [2.75, 3.05) is 13.1 Å². The Labute approximate surface area is 109 Å². The average Bonchev–Trinajstić information content (AvgIpc) is 2.77. The van der Waals surface area contributed by atoms with E-state index in [1.807, 2.05) is 6.07 Å². The molecule has 4 nitrogen and oxygen atoms in total. The summed E-state index contributed by atoms with van der Waals surface area (Å²) >= 11 is 0. The first-order valence-corrected chi connectivity index (χ1v) is 5.73. The van der Waals surface area contributed by atoms with Crippen molar-refractivity contribution >= 4 is 5.91 Å². The van der Waals surface area contributed by atoms with Crippen LogP contribution in [0.4, 0.5) is 8.78 Å². The number of benzene rings is 1. The highest BCUT2D eigenvalue weighted by Crippen LogP contribution is 2.31. The lowest BCUT2D eigenvalue weighted by atomic mass is 9.96. The normalized spacial score (nSPS) is 23.2. The highest BCUT2D eigenvalue weighted by Gasteiger charge is 2.36. The van der Waals surface area contributed by atoms with Gasteiger partial charge in [0.15, 0.2) is 11.6 Å². The number of carbonyl (C=O) groups excluding carboxylic acids is 1. The lowest BCUT2D eigenvalue weighted by molar-refractivity contribution is -0.121. The van der Waals surface area contributed by atoms with Crippen LogP contribution in [-0.4, -0.2) is 29.9 Å². The number of primary amides is 1. The Bertz CT molecular complexity index is 541. The van der Waals surface area contributed by atoms with Gasteiger partial charge < -0.3 is 5.73 Å². The van der Waals surface area contributed by atoms with Crippen LogP contribution in [0.1, 0.15) is 11.5 Å². The molecule has 1 saturated heterocycles. The lowest BCUT2D eigenvalue weighted by Crippen LogP contribution is -2.40. The SMILES string of the molecule is N#CCN1C[C@@H](c2ccc(F)c(F)c2)[CH]C1C(N)=O. The highest BCUT2D eigenvalue weighted by atomic mass is 19.2.